The first-order valence-corrected chi connectivity index (χ1v) is 9.33. The Morgan fingerprint density at radius 2 is 1.38 bits per heavy atom. The van der Waals surface area contributed by atoms with Crippen molar-refractivity contribution in [3.63, 3.8) is 0 Å². The molecule has 3 aromatic carbocycles. The number of carbonyl (C=O) groups excluding carboxylic acids is 1. The van der Waals surface area contributed by atoms with Crippen molar-refractivity contribution in [2.24, 2.45) is 0 Å². The molecule has 0 fully saturated rings. The van der Waals surface area contributed by atoms with Gasteiger partial charge in [0.25, 0.3) is 0 Å². The molecule has 166 valence electrons. The standard InChI is InChI=1S/C22H18O10/c23-12-1-2-17-9(3-12)8-18(21(31-17)10-4-13(24)19(28)14(25)5-10)32-22(30)11-6-15(26)20(29)16(27)7-11/h1-7,18,21,23-29H,8H2/t18-,21-/m0/s1. The van der Waals surface area contributed by atoms with Crippen molar-refractivity contribution in [1.82, 2.24) is 0 Å². The highest BCUT2D eigenvalue weighted by atomic mass is 16.6. The highest BCUT2D eigenvalue weighted by Crippen LogP contribution is 2.43. The highest BCUT2D eigenvalue weighted by molar-refractivity contribution is 5.91. The second kappa shape index (κ2) is 7.65. The van der Waals surface area contributed by atoms with Gasteiger partial charge in [-0.05, 0) is 42.5 Å². The molecule has 2 atom stereocenters. The van der Waals surface area contributed by atoms with Gasteiger partial charge in [-0.1, -0.05) is 0 Å². The molecule has 1 aliphatic heterocycles. The van der Waals surface area contributed by atoms with E-state index >= 15 is 0 Å². The molecular weight excluding hydrogens is 424 g/mol. The van der Waals surface area contributed by atoms with Gasteiger partial charge in [-0.2, -0.15) is 0 Å². The lowest BCUT2D eigenvalue weighted by atomic mass is 9.94. The SMILES string of the molecule is O=C(O[C@H]1Cc2cc(O)ccc2O[C@H]1c1cc(O)c(O)c(O)c1)c1cc(O)c(O)c(O)c1. The first-order valence-electron chi connectivity index (χ1n) is 9.33. The number of phenolic OH excluding ortho intramolecular Hbond substituents is 7. The van der Waals surface area contributed by atoms with Crippen LogP contribution in [0.1, 0.15) is 27.6 Å². The van der Waals surface area contributed by atoms with E-state index in [0.717, 1.165) is 24.3 Å². The minimum absolute atomic E-state index is 0.0378. The highest BCUT2D eigenvalue weighted by Gasteiger charge is 2.36. The summed E-state index contributed by atoms with van der Waals surface area (Å²) in [6.45, 7) is 0. The van der Waals surface area contributed by atoms with Crippen LogP contribution in [-0.2, 0) is 11.2 Å². The van der Waals surface area contributed by atoms with Gasteiger partial charge in [0.15, 0.2) is 40.6 Å². The Bertz CT molecular complexity index is 1170. The molecule has 1 aliphatic rings. The van der Waals surface area contributed by atoms with Gasteiger partial charge in [-0.25, -0.2) is 4.79 Å². The van der Waals surface area contributed by atoms with Crippen LogP contribution in [0.25, 0.3) is 0 Å². The molecule has 0 radical (unpaired) electrons. The van der Waals surface area contributed by atoms with Gasteiger partial charge in [-0.15, -0.1) is 0 Å². The molecule has 10 heteroatoms. The van der Waals surface area contributed by atoms with Gasteiger partial charge in [0, 0.05) is 17.5 Å². The lowest BCUT2D eigenvalue weighted by Crippen LogP contribution is -2.34. The van der Waals surface area contributed by atoms with Crippen LogP contribution in [0.2, 0.25) is 0 Å². The molecule has 0 aliphatic carbocycles. The molecule has 3 aromatic rings. The average molecular weight is 442 g/mol. The monoisotopic (exact) mass is 442 g/mol. The number of phenols is 7. The van der Waals surface area contributed by atoms with Crippen LogP contribution in [0.5, 0.6) is 46.0 Å². The summed E-state index contributed by atoms with van der Waals surface area (Å²) in [4.78, 5) is 12.7. The Morgan fingerprint density at radius 3 is 1.97 bits per heavy atom. The Balaban J connectivity index is 1.72. The number of hydrogen-bond acceptors (Lipinski definition) is 10. The van der Waals surface area contributed by atoms with Gasteiger partial charge in [0.05, 0.1) is 5.56 Å². The Hall–Kier alpha value is -4.47. The number of rotatable bonds is 3. The van der Waals surface area contributed by atoms with Gasteiger partial charge in [-0.3, -0.25) is 0 Å². The number of carbonyl (C=O) groups is 1. The fourth-order valence-corrected chi connectivity index (χ4v) is 3.48. The van der Waals surface area contributed by atoms with E-state index < -0.39 is 52.7 Å². The van der Waals surface area contributed by atoms with E-state index in [0.29, 0.717) is 11.3 Å². The molecule has 0 bridgehead atoms. The largest absolute Gasteiger partial charge is 0.508 e. The van der Waals surface area contributed by atoms with E-state index in [-0.39, 0.29) is 23.3 Å². The zero-order chi connectivity index (χ0) is 23.2. The Labute approximate surface area is 180 Å². The maximum absolute atomic E-state index is 12.7. The van der Waals surface area contributed by atoms with Gasteiger partial charge in [0.2, 0.25) is 0 Å². The Kier molecular flexibility index (Phi) is 4.97. The van der Waals surface area contributed by atoms with E-state index in [1.54, 1.807) is 0 Å². The van der Waals surface area contributed by atoms with Crippen molar-refractivity contribution in [2.75, 3.05) is 0 Å². The van der Waals surface area contributed by atoms with Crippen LogP contribution in [0, 0.1) is 0 Å². The zero-order valence-electron chi connectivity index (χ0n) is 16.3. The normalized spacial score (nSPS) is 17.2. The van der Waals surface area contributed by atoms with Gasteiger partial charge in [0.1, 0.15) is 17.6 Å². The third kappa shape index (κ3) is 3.69. The van der Waals surface area contributed by atoms with E-state index in [1.807, 2.05) is 0 Å². The number of ether oxygens (including phenoxy) is 2. The number of hydrogen-bond donors (Lipinski definition) is 7. The topological polar surface area (TPSA) is 177 Å². The van der Waals surface area contributed by atoms with Crippen LogP contribution in [0.15, 0.2) is 42.5 Å². The van der Waals surface area contributed by atoms with Crippen LogP contribution in [0.4, 0.5) is 0 Å². The summed E-state index contributed by atoms with van der Waals surface area (Å²) < 4.78 is 11.4. The summed E-state index contributed by atoms with van der Waals surface area (Å²) in [5.41, 5.74) is 0.447. The van der Waals surface area contributed by atoms with Crippen LogP contribution in [0.3, 0.4) is 0 Å². The maximum atomic E-state index is 12.7. The summed E-state index contributed by atoms with van der Waals surface area (Å²) in [5.74, 6) is -4.83. The molecule has 0 saturated heterocycles. The minimum atomic E-state index is -1.04. The van der Waals surface area contributed by atoms with Crippen LogP contribution < -0.4 is 4.74 Å². The number of fused-ring (bicyclic) bond motifs is 1. The summed E-state index contributed by atoms with van der Waals surface area (Å²) in [6, 6.07) is 8.44. The third-order valence-corrected chi connectivity index (χ3v) is 5.04. The molecule has 0 amide bonds. The fraction of sp³-hybridized carbons (Fsp3) is 0.136. The summed E-state index contributed by atoms with van der Waals surface area (Å²) in [6.07, 6.45) is -2.01. The van der Waals surface area contributed by atoms with Gasteiger partial charge >= 0.3 is 5.97 Å². The van der Waals surface area contributed by atoms with E-state index in [9.17, 15) is 40.5 Å². The second-order valence-electron chi connectivity index (χ2n) is 7.25. The molecule has 0 spiro atoms. The quantitative estimate of drug-likeness (QED) is 0.235. The smallest absolute Gasteiger partial charge is 0.338 e. The number of aromatic hydroxyl groups is 7. The van der Waals surface area contributed by atoms with Crippen molar-refractivity contribution >= 4 is 5.97 Å². The average Bonchev–Trinajstić information content (AvgIpc) is 2.74. The predicted molar refractivity (Wildman–Crippen MR) is 107 cm³/mol. The summed E-state index contributed by atoms with van der Waals surface area (Å²) in [7, 11) is 0. The molecule has 10 nitrogen and oxygen atoms in total. The first kappa shape index (κ1) is 20.8. The van der Waals surface area contributed by atoms with Gasteiger partial charge < -0.3 is 45.2 Å². The van der Waals surface area contributed by atoms with Crippen molar-refractivity contribution in [3.05, 3.63) is 59.2 Å². The lowest BCUT2D eigenvalue weighted by molar-refractivity contribution is -0.0184. The number of esters is 1. The van der Waals surface area contributed by atoms with Crippen LogP contribution >= 0.6 is 0 Å². The molecule has 0 unspecified atom stereocenters. The summed E-state index contributed by atoms with van der Waals surface area (Å²) >= 11 is 0. The third-order valence-electron chi connectivity index (χ3n) is 5.04. The van der Waals surface area contributed by atoms with Crippen molar-refractivity contribution < 1.29 is 50.0 Å². The van der Waals surface area contributed by atoms with Crippen molar-refractivity contribution in [2.45, 2.75) is 18.6 Å². The predicted octanol–water partition coefficient (Wildman–Crippen LogP) is 2.53. The van der Waals surface area contributed by atoms with Crippen LogP contribution in [-0.4, -0.2) is 47.8 Å². The Morgan fingerprint density at radius 1 is 0.812 bits per heavy atom. The zero-order valence-corrected chi connectivity index (χ0v) is 16.3. The molecule has 0 saturated carbocycles. The molecule has 4 rings (SSSR count). The van der Waals surface area contributed by atoms with E-state index in [1.165, 1.54) is 18.2 Å². The van der Waals surface area contributed by atoms with E-state index in [2.05, 4.69) is 0 Å². The fourth-order valence-electron chi connectivity index (χ4n) is 3.48. The maximum Gasteiger partial charge on any atom is 0.338 e. The molecular formula is C22H18O10. The first-order chi connectivity index (χ1) is 15.1. The summed E-state index contributed by atoms with van der Waals surface area (Å²) in [5, 5.41) is 68.0. The minimum Gasteiger partial charge on any atom is -0.508 e. The lowest BCUT2D eigenvalue weighted by Gasteiger charge is -2.33. The van der Waals surface area contributed by atoms with E-state index in [4.69, 9.17) is 9.47 Å². The molecule has 0 aromatic heterocycles. The second-order valence-corrected chi connectivity index (χ2v) is 7.25. The van der Waals surface area contributed by atoms with Crippen molar-refractivity contribution in [3.8, 4) is 46.0 Å². The number of benzene rings is 3. The molecule has 1 heterocycles. The van der Waals surface area contributed by atoms with Crippen molar-refractivity contribution in [1.29, 1.82) is 0 Å². The molecule has 32 heavy (non-hydrogen) atoms. The molecule has 7 N–H and O–H groups in total.